The van der Waals surface area contributed by atoms with E-state index >= 15 is 0 Å². The monoisotopic (exact) mass is 403 g/mol. The third-order valence-corrected chi connectivity index (χ3v) is 4.45. The van der Waals surface area contributed by atoms with Gasteiger partial charge in [-0.25, -0.2) is 4.79 Å². The van der Waals surface area contributed by atoms with Crippen molar-refractivity contribution in [2.24, 2.45) is 0 Å². The van der Waals surface area contributed by atoms with Gasteiger partial charge in [-0.15, -0.1) is 0 Å². The Morgan fingerprint density at radius 3 is 2.66 bits per heavy atom. The molecule has 2 heterocycles. The molecule has 3 rings (SSSR count). The summed E-state index contributed by atoms with van der Waals surface area (Å²) in [4.78, 5) is 72.7. The molecule has 1 fully saturated rings. The van der Waals surface area contributed by atoms with Crippen LogP contribution in [-0.2, 0) is 23.9 Å². The molecule has 0 bridgehead atoms. The zero-order valence-electron chi connectivity index (χ0n) is 15.1. The van der Waals surface area contributed by atoms with E-state index in [4.69, 9.17) is 9.84 Å². The van der Waals surface area contributed by atoms with Gasteiger partial charge in [0.2, 0.25) is 11.8 Å². The fourth-order valence-electron chi connectivity index (χ4n) is 3.18. The fraction of sp³-hybridized carbons (Fsp3) is 0.333. The minimum absolute atomic E-state index is 0.0147. The van der Waals surface area contributed by atoms with Crippen LogP contribution in [0.4, 0.5) is 5.69 Å². The number of carboxylic acids is 1. The van der Waals surface area contributed by atoms with Crippen molar-refractivity contribution in [1.29, 1.82) is 0 Å². The Morgan fingerprint density at radius 2 is 1.93 bits per heavy atom. The minimum atomic E-state index is -1.24. The largest absolute Gasteiger partial charge is 0.480 e. The van der Waals surface area contributed by atoms with Crippen molar-refractivity contribution in [2.45, 2.75) is 18.9 Å². The molecule has 1 unspecified atom stereocenters. The molecule has 1 aromatic rings. The van der Waals surface area contributed by atoms with Crippen LogP contribution in [0.25, 0.3) is 0 Å². The van der Waals surface area contributed by atoms with E-state index in [0.717, 1.165) is 4.90 Å². The van der Waals surface area contributed by atoms with E-state index in [1.54, 1.807) is 0 Å². The van der Waals surface area contributed by atoms with Crippen LogP contribution < -0.4 is 10.6 Å². The molecule has 0 radical (unpaired) electrons. The smallest absolute Gasteiger partial charge is 0.329 e. The average Bonchev–Trinajstić information content (AvgIpc) is 2.80. The number of fused-ring (bicyclic) bond motifs is 1. The highest BCUT2D eigenvalue weighted by atomic mass is 16.5. The second-order valence-corrected chi connectivity index (χ2v) is 6.45. The van der Waals surface area contributed by atoms with Crippen LogP contribution in [0.3, 0.4) is 0 Å². The second kappa shape index (κ2) is 8.19. The lowest BCUT2D eigenvalue weighted by atomic mass is 10.1. The number of nitrogens with one attached hydrogen (secondary N) is 2. The van der Waals surface area contributed by atoms with Gasteiger partial charge in [0.15, 0.2) is 5.78 Å². The highest BCUT2D eigenvalue weighted by Crippen LogP contribution is 2.32. The summed E-state index contributed by atoms with van der Waals surface area (Å²) in [5, 5.41) is 13.3. The molecule has 2 aliphatic rings. The normalized spacial score (nSPS) is 18.9. The topological polar surface area (TPSA) is 159 Å². The molecule has 2 aliphatic heterocycles. The van der Waals surface area contributed by atoms with Gasteiger partial charge in [-0.05, 0) is 18.6 Å². The quantitative estimate of drug-likeness (QED) is 0.519. The van der Waals surface area contributed by atoms with Crippen LogP contribution in [0.2, 0.25) is 0 Å². The molecule has 1 saturated heterocycles. The molecule has 0 saturated carbocycles. The molecular weight excluding hydrogens is 386 g/mol. The minimum Gasteiger partial charge on any atom is -0.480 e. The summed E-state index contributed by atoms with van der Waals surface area (Å²) in [6.07, 6.45) is 0.0577. The van der Waals surface area contributed by atoms with Crippen molar-refractivity contribution in [2.75, 3.05) is 25.1 Å². The number of rotatable bonds is 6. The van der Waals surface area contributed by atoms with Crippen molar-refractivity contribution in [3.05, 3.63) is 29.3 Å². The van der Waals surface area contributed by atoms with E-state index < -0.39 is 48.9 Å². The number of ketones is 1. The number of carbonyl (C=O) groups is 6. The predicted octanol–water partition coefficient (Wildman–Crippen LogP) is -0.830. The zero-order chi connectivity index (χ0) is 21.1. The van der Waals surface area contributed by atoms with Crippen LogP contribution in [-0.4, -0.2) is 71.2 Å². The van der Waals surface area contributed by atoms with Gasteiger partial charge in [-0.1, -0.05) is 6.07 Å². The first-order valence-electron chi connectivity index (χ1n) is 8.69. The fourth-order valence-corrected chi connectivity index (χ4v) is 3.18. The van der Waals surface area contributed by atoms with Crippen LogP contribution in [0.5, 0.6) is 0 Å². The Kier molecular flexibility index (Phi) is 5.69. The number of anilines is 1. The summed E-state index contributed by atoms with van der Waals surface area (Å²) in [6, 6.07) is 3.12. The SMILES string of the molecule is O=C(O)COCC(=O)Nc1cccc2c1C(=O)N(C1CCC(=O)CNC1=O)C2=O. The lowest BCUT2D eigenvalue weighted by Crippen LogP contribution is -2.48. The molecule has 0 spiro atoms. The first kappa shape index (κ1) is 20.1. The third-order valence-electron chi connectivity index (χ3n) is 4.45. The Bertz CT molecular complexity index is 926. The number of hydrogen-bond acceptors (Lipinski definition) is 7. The van der Waals surface area contributed by atoms with Crippen molar-refractivity contribution in [3.63, 3.8) is 0 Å². The maximum atomic E-state index is 12.9. The molecule has 4 amide bonds. The van der Waals surface area contributed by atoms with Crippen LogP contribution in [0.15, 0.2) is 18.2 Å². The first-order chi connectivity index (χ1) is 13.8. The molecular formula is C18H17N3O8. The summed E-state index contributed by atoms with van der Waals surface area (Å²) < 4.78 is 4.69. The summed E-state index contributed by atoms with van der Waals surface area (Å²) in [7, 11) is 0. The summed E-state index contributed by atoms with van der Waals surface area (Å²) in [6.45, 7) is -1.38. The van der Waals surface area contributed by atoms with E-state index in [9.17, 15) is 28.8 Å². The van der Waals surface area contributed by atoms with Gasteiger partial charge >= 0.3 is 5.97 Å². The lowest BCUT2D eigenvalue weighted by molar-refractivity contribution is -0.143. The van der Waals surface area contributed by atoms with Gasteiger partial charge in [0.1, 0.15) is 19.3 Å². The number of carbonyl (C=O) groups excluding carboxylic acids is 5. The van der Waals surface area contributed by atoms with Gasteiger partial charge in [-0.3, -0.25) is 28.9 Å². The van der Waals surface area contributed by atoms with E-state index in [1.165, 1.54) is 18.2 Å². The van der Waals surface area contributed by atoms with E-state index in [1.807, 2.05) is 0 Å². The van der Waals surface area contributed by atoms with Crippen molar-refractivity contribution in [3.8, 4) is 0 Å². The number of nitrogens with zero attached hydrogens (tertiary/aromatic N) is 1. The summed E-state index contributed by atoms with van der Waals surface area (Å²) >= 11 is 0. The number of Topliss-reactive ketones (excluding diaryl/α,β-unsaturated/α-hetero) is 1. The number of aliphatic carboxylic acids is 1. The van der Waals surface area contributed by atoms with E-state index in [-0.39, 0.29) is 42.0 Å². The molecule has 1 atom stereocenters. The predicted molar refractivity (Wildman–Crippen MR) is 95.1 cm³/mol. The molecule has 11 nitrogen and oxygen atoms in total. The molecule has 0 aromatic heterocycles. The Hall–Kier alpha value is -3.60. The van der Waals surface area contributed by atoms with Crippen molar-refractivity contribution < 1.29 is 38.6 Å². The molecule has 29 heavy (non-hydrogen) atoms. The number of benzene rings is 1. The number of amides is 4. The van der Waals surface area contributed by atoms with Crippen LogP contribution >= 0.6 is 0 Å². The lowest BCUT2D eigenvalue weighted by Gasteiger charge is -2.23. The van der Waals surface area contributed by atoms with Crippen LogP contribution in [0, 0.1) is 0 Å². The zero-order valence-corrected chi connectivity index (χ0v) is 15.1. The van der Waals surface area contributed by atoms with Crippen molar-refractivity contribution in [1.82, 2.24) is 10.2 Å². The number of hydrogen-bond donors (Lipinski definition) is 3. The summed E-state index contributed by atoms with van der Waals surface area (Å²) in [5.41, 5.74) is -0.0209. The van der Waals surface area contributed by atoms with E-state index in [2.05, 4.69) is 10.6 Å². The maximum Gasteiger partial charge on any atom is 0.329 e. The molecule has 3 N–H and O–H groups in total. The maximum absolute atomic E-state index is 12.9. The highest BCUT2D eigenvalue weighted by molar-refractivity contribution is 6.25. The average molecular weight is 403 g/mol. The van der Waals surface area contributed by atoms with Crippen molar-refractivity contribution >= 4 is 41.1 Å². The van der Waals surface area contributed by atoms with Gasteiger partial charge in [0, 0.05) is 6.42 Å². The number of carboxylic acid groups (broad SMARTS) is 1. The van der Waals surface area contributed by atoms with Gasteiger partial charge in [0.05, 0.1) is 23.4 Å². The first-order valence-corrected chi connectivity index (χ1v) is 8.69. The molecule has 11 heteroatoms. The Labute approximate surface area is 164 Å². The molecule has 1 aromatic carbocycles. The Morgan fingerprint density at radius 1 is 1.17 bits per heavy atom. The van der Waals surface area contributed by atoms with Gasteiger partial charge in [-0.2, -0.15) is 0 Å². The standard InChI is InChI=1S/C18H17N3O8/c22-9-4-5-12(16(26)19-6-9)21-17(27)10-2-1-3-11(15(10)18(21)28)20-13(23)7-29-8-14(24)25/h1-3,12H,4-8H2,(H,19,26)(H,20,23)(H,24,25). The second-order valence-electron chi connectivity index (χ2n) is 6.45. The summed E-state index contributed by atoms with van der Waals surface area (Å²) in [5.74, 6) is -4.21. The Balaban J connectivity index is 1.81. The van der Waals surface area contributed by atoms with Gasteiger partial charge < -0.3 is 20.5 Å². The molecule has 0 aliphatic carbocycles. The number of ether oxygens (including phenoxy) is 1. The number of imide groups is 1. The molecule has 152 valence electrons. The highest BCUT2D eigenvalue weighted by Gasteiger charge is 2.44. The van der Waals surface area contributed by atoms with E-state index in [0.29, 0.717) is 0 Å². The van der Waals surface area contributed by atoms with Gasteiger partial charge in [0.25, 0.3) is 11.8 Å². The van der Waals surface area contributed by atoms with Crippen LogP contribution in [0.1, 0.15) is 33.6 Å². The third kappa shape index (κ3) is 4.14.